The second-order valence-electron chi connectivity index (χ2n) is 3.93. The predicted octanol–water partition coefficient (Wildman–Crippen LogP) is 1.93. The van der Waals surface area contributed by atoms with Gasteiger partial charge in [0.15, 0.2) is 0 Å². The summed E-state index contributed by atoms with van der Waals surface area (Å²) in [6, 6.07) is 4.74. The van der Waals surface area contributed by atoms with E-state index in [1.54, 1.807) is 33.0 Å². The summed E-state index contributed by atoms with van der Waals surface area (Å²) in [4.78, 5) is 11.6. The van der Waals surface area contributed by atoms with Gasteiger partial charge in [-0.25, -0.2) is 4.39 Å². The van der Waals surface area contributed by atoms with Crippen molar-refractivity contribution in [1.29, 1.82) is 0 Å². The van der Waals surface area contributed by atoms with Crippen LogP contribution in [0.1, 0.15) is 12.5 Å². The number of hydrogen-bond donors (Lipinski definition) is 2. The van der Waals surface area contributed by atoms with E-state index in [0.717, 1.165) is 5.56 Å². The summed E-state index contributed by atoms with van der Waals surface area (Å²) in [6.45, 7) is 4.16. The number of nitrogens with one attached hydrogen (secondary N) is 2. The molecule has 0 aromatic heterocycles. The average Bonchev–Trinajstić information content (AvgIpc) is 2.22. The quantitative estimate of drug-likeness (QED) is 0.820. The van der Waals surface area contributed by atoms with Crippen molar-refractivity contribution in [2.24, 2.45) is 5.92 Å². The molecule has 1 atom stereocenters. The maximum atomic E-state index is 13.4. The first-order valence-corrected chi connectivity index (χ1v) is 5.26. The molecule has 3 nitrogen and oxygen atoms in total. The number of carbonyl (C=O) groups is 1. The van der Waals surface area contributed by atoms with E-state index < -0.39 is 5.82 Å². The number of amides is 1. The first kappa shape index (κ1) is 12.6. The number of hydrogen-bond acceptors (Lipinski definition) is 2. The van der Waals surface area contributed by atoms with Gasteiger partial charge in [-0.15, -0.1) is 0 Å². The molecule has 1 aromatic rings. The van der Waals surface area contributed by atoms with Crippen LogP contribution in [0.15, 0.2) is 18.2 Å². The van der Waals surface area contributed by atoms with Crippen molar-refractivity contribution in [3.8, 4) is 0 Å². The van der Waals surface area contributed by atoms with E-state index in [9.17, 15) is 9.18 Å². The highest BCUT2D eigenvalue weighted by Gasteiger charge is 2.13. The molecule has 1 unspecified atom stereocenters. The molecule has 0 aliphatic rings. The largest absolute Gasteiger partial charge is 0.323 e. The minimum Gasteiger partial charge on any atom is -0.323 e. The van der Waals surface area contributed by atoms with Crippen LogP contribution < -0.4 is 10.6 Å². The highest BCUT2D eigenvalue weighted by molar-refractivity contribution is 5.92. The third kappa shape index (κ3) is 3.31. The van der Waals surface area contributed by atoms with E-state index in [0.29, 0.717) is 6.54 Å². The van der Waals surface area contributed by atoms with Gasteiger partial charge in [0.25, 0.3) is 0 Å². The summed E-state index contributed by atoms with van der Waals surface area (Å²) >= 11 is 0. The monoisotopic (exact) mass is 224 g/mol. The fraction of sp³-hybridized carbons (Fsp3) is 0.417. The minimum atomic E-state index is -0.398. The SMILES string of the molecule is CNCC(C)C(=O)Nc1ccc(C)cc1F. The van der Waals surface area contributed by atoms with Crippen molar-refractivity contribution >= 4 is 11.6 Å². The van der Waals surface area contributed by atoms with Gasteiger partial charge in [0.1, 0.15) is 5.82 Å². The number of benzene rings is 1. The molecule has 0 radical (unpaired) electrons. The number of anilines is 1. The number of carbonyl (C=O) groups excluding carboxylic acids is 1. The number of rotatable bonds is 4. The molecule has 1 aromatic carbocycles. The predicted molar refractivity (Wildman–Crippen MR) is 62.9 cm³/mol. The van der Waals surface area contributed by atoms with Crippen LogP contribution in [-0.4, -0.2) is 19.5 Å². The van der Waals surface area contributed by atoms with Crippen LogP contribution in [0.3, 0.4) is 0 Å². The Morgan fingerprint density at radius 2 is 2.19 bits per heavy atom. The van der Waals surface area contributed by atoms with Gasteiger partial charge in [-0.05, 0) is 31.7 Å². The third-order valence-electron chi connectivity index (χ3n) is 2.34. The van der Waals surface area contributed by atoms with Crippen molar-refractivity contribution in [3.63, 3.8) is 0 Å². The lowest BCUT2D eigenvalue weighted by Crippen LogP contribution is -2.28. The van der Waals surface area contributed by atoms with Crippen molar-refractivity contribution in [3.05, 3.63) is 29.6 Å². The second-order valence-corrected chi connectivity index (χ2v) is 3.93. The molecular formula is C12H17FN2O. The Labute approximate surface area is 95.0 Å². The maximum Gasteiger partial charge on any atom is 0.228 e. The van der Waals surface area contributed by atoms with Gasteiger partial charge in [0.2, 0.25) is 5.91 Å². The standard InChI is InChI=1S/C12H17FN2O/c1-8-4-5-11(10(13)6-8)15-12(16)9(2)7-14-3/h4-6,9,14H,7H2,1-3H3,(H,15,16). The zero-order valence-electron chi connectivity index (χ0n) is 9.80. The average molecular weight is 224 g/mol. The Balaban J connectivity index is 2.69. The highest BCUT2D eigenvalue weighted by Crippen LogP contribution is 2.15. The van der Waals surface area contributed by atoms with Gasteiger partial charge in [0.05, 0.1) is 5.69 Å². The third-order valence-corrected chi connectivity index (χ3v) is 2.34. The molecule has 0 heterocycles. The Hall–Kier alpha value is -1.42. The van der Waals surface area contributed by atoms with Crippen molar-refractivity contribution < 1.29 is 9.18 Å². The fourth-order valence-electron chi connectivity index (χ4n) is 1.38. The van der Waals surface area contributed by atoms with Gasteiger partial charge in [0, 0.05) is 12.5 Å². The molecule has 1 amide bonds. The van der Waals surface area contributed by atoms with Crippen LogP contribution in [0.2, 0.25) is 0 Å². The first-order chi connectivity index (χ1) is 7.54. The summed E-state index contributed by atoms with van der Waals surface area (Å²) in [5, 5.41) is 5.47. The lowest BCUT2D eigenvalue weighted by Gasteiger charge is -2.12. The van der Waals surface area contributed by atoms with Gasteiger partial charge >= 0.3 is 0 Å². The molecule has 88 valence electrons. The molecule has 0 aliphatic heterocycles. The lowest BCUT2D eigenvalue weighted by molar-refractivity contribution is -0.119. The normalized spacial score (nSPS) is 12.2. The molecule has 16 heavy (non-hydrogen) atoms. The molecule has 0 fully saturated rings. The summed E-state index contributed by atoms with van der Waals surface area (Å²) in [7, 11) is 1.77. The van der Waals surface area contributed by atoms with Crippen molar-refractivity contribution in [1.82, 2.24) is 5.32 Å². The summed E-state index contributed by atoms with van der Waals surface area (Å²) < 4.78 is 13.4. The zero-order chi connectivity index (χ0) is 12.1. The maximum absolute atomic E-state index is 13.4. The summed E-state index contributed by atoms with van der Waals surface area (Å²) in [6.07, 6.45) is 0. The molecule has 0 aliphatic carbocycles. The molecule has 4 heteroatoms. The van der Waals surface area contributed by atoms with Gasteiger partial charge < -0.3 is 10.6 Å². The van der Waals surface area contributed by atoms with E-state index in [4.69, 9.17) is 0 Å². The molecule has 0 saturated heterocycles. The Bertz CT molecular complexity index is 379. The van der Waals surface area contributed by atoms with E-state index in [1.807, 2.05) is 0 Å². The highest BCUT2D eigenvalue weighted by atomic mass is 19.1. The van der Waals surface area contributed by atoms with Crippen LogP contribution in [-0.2, 0) is 4.79 Å². The van der Waals surface area contributed by atoms with E-state index in [1.165, 1.54) is 6.07 Å². The summed E-state index contributed by atoms with van der Waals surface area (Å²) in [5.41, 5.74) is 1.07. The lowest BCUT2D eigenvalue weighted by atomic mass is 10.1. The van der Waals surface area contributed by atoms with Crippen LogP contribution in [0, 0.1) is 18.7 Å². The smallest absolute Gasteiger partial charge is 0.228 e. The van der Waals surface area contributed by atoms with Crippen LogP contribution in [0.5, 0.6) is 0 Å². The van der Waals surface area contributed by atoms with Gasteiger partial charge in [-0.2, -0.15) is 0 Å². The number of aryl methyl sites for hydroxylation is 1. The second kappa shape index (κ2) is 5.61. The van der Waals surface area contributed by atoms with E-state index >= 15 is 0 Å². The Kier molecular flexibility index (Phi) is 4.43. The fourth-order valence-corrected chi connectivity index (χ4v) is 1.38. The van der Waals surface area contributed by atoms with Crippen molar-refractivity contribution in [2.75, 3.05) is 18.9 Å². The first-order valence-electron chi connectivity index (χ1n) is 5.26. The topological polar surface area (TPSA) is 41.1 Å². The van der Waals surface area contributed by atoms with Crippen molar-refractivity contribution in [2.45, 2.75) is 13.8 Å². The van der Waals surface area contributed by atoms with Crippen LogP contribution >= 0.6 is 0 Å². The molecule has 1 rings (SSSR count). The molecular weight excluding hydrogens is 207 g/mol. The van der Waals surface area contributed by atoms with Gasteiger partial charge in [-0.3, -0.25) is 4.79 Å². The number of halogens is 1. The Morgan fingerprint density at radius 3 is 2.75 bits per heavy atom. The minimum absolute atomic E-state index is 0.183. The molecule has 0 bridgehead atoms. The molecule has 2 N–H and O–H groups in total. The van der Waals surface area contributed by atoms with E-state index in [2.05, 4.69) is 10.6 Å². The Morgan fingerprint density at radius 1 is 1.50 bits per heavy atom. The van der Waals surface area contributed by atoms with E-state index in [-0.39, 0.29) is 17.5 Å². The summed E-state index contributed by atoms with van der Waals surface area (Å²) in [5.74, 6) is -0.771. The van der Waals surface area contributed by atoms with Crippen LogP contribution in [0.4, 0.5) is 10.1 Å². The molecule has 0 saturated carbocycles. The molecule has 0 spiro atoms. The zero-order valence-corrected chi connectivity index (χ0v) is 9.80. The van der Waals surface area contributed by atoms with Gasteiger partial charge in [-0.1, -0.05) is 13.0 Å². The van der Waals surface area contributed by atoms with Crippen LogP contribution in [0.25, 0.3) is 0 Å².